The van der Waals surface area contributed by atoms with E-state index in [1.807, 2.05) is 6.07 Å². The Balaban J connectivity index is 1.96. The van der Waals surface area contributed by atoms with E-state index in [1.54, 1.807) is 26.2 Å². The van der Waals surface area contributed by atoms with Gasteiger partial charge in [-0.15, -0.1) is 0 Å². The Hall–Kier alpha value is -1.59. The normalized spacial score (nSPS) is 30.3. The molecule has 1 heterocycles. The third-order valence-electron chi connectivity index (χ3n) is 3.82. The fourth-order valence-electron chi connectivity index (χ4n) is 2.93. The van der Waals surface area contributed by atoms with Crippen molar-refractivity contribution in [2.45, 2.75) is 24.5 Å². The maximum atomic E-state index is 12.0. The molecule has 3 rings (SSSR count). The Bertz CT molecular complexity index is 530. The number of methoxy groups -OCH3 is 1. The molecule has 1 aliphatic carbocycles. The summed E-state index contributed by atoms with van der Waals surface area (Å²) < 4.78 is 16.0. The zero-order valence-corrected chi connectivity index (χ0v) is 11.0. The molecular formula is C14H17NO4. The predicted molar refractivity (Wildman–Crippen MR) is 68.3 cm³/mol. The number of hydrogen-bond donors (Lipinski definition) is 1. The third-order valence-corrected chi connectivity index (χ3v) is 3.82. The van der Waals surface area contributed by atoms with Gasteiger partial charge in [-0.05, 0) is 19.1 Å². The molecule has 1 aromatic carbocycles. The van der Waals surface area contributed by atoms with Crippen LogP contribution >= 0.6 is 0 Å². The van der Waals surface area contributed by atoms with Crippen molar-refractivity contribution in [1.82, 2.24) is 0 Å². The van der Waals surface area contributed by atoms with Gasteiger partial charge < -0.3 is 19.9 Å². The van der Waals surface area contributed by atoms with E-state index in [2.05, 4.69) is 0 Å². The molecule has 5 heteroatoms. The summed E-state index contributed by atoms with van der Waals surface area (Å²) in [5.41, 5.74) is 7.16. The van der Waals surface area contributed by atoms with Crippen LogP contribution < -0.4 is 10.5 Å². The van der Waals surface area contributed by atoms with Gasteiger partial charge in [0.15, 0.2) is 0 Å². The lowest BCUT2D eigenvalue weighted by Crippen LogP contribution is -2.36. The summed E-state index contributed by atoms with van der Waals surface area (Å²) in [5, 5.41) is 0. The standard InChI is InChI=1S/C14H17NO4/c1-3-18-13(16)8-5-4-6-9-10(8)11-12(19-9)14(11,15)7-17-2/h4-6,11-12H,3,7,15H2,1-2H3. The molecular weight excluding hydrogens is 246 g/mol. The lowest BCUT2D eigenvalue weighted by molar-refractivity contribution is 0.0524. The first-order chi connectivity index (χ1) is 9.13. The van der Waals surface area contributed by atoms with E-state index >= 15 is 0 Å². The van der Waals surface area contributed by atoms with Crippen LogP contribution in [0.3, 0.4) is 0 Å². The fourth-order valence-corrected chi connectivity index (χ4v) is 2.93. The highest BCUT2D eigenvalue weighted by atomic mass is 16.5. The van der Waals surface area contributed by atoms with Gasteiger partial charge in [0.1, 0.15) is 11.9 Å². The Kier molecular flexibility index (Phi) is 2.76. The highest BCUT2D eigenvalue weighted by Gasteiger charge is 2.70. The van der Waals surface area contributed by atoms with Gasteiger partial charge in [0.2, 0.25) is 0 Å². The Morgan fingerprint density at radius 3 is 3.00 bits per heavy atom. The number of rotatable bonds is 4. The molecule has 0 spiro atoms. The van der Waals surface area contributed by atoms with Crippen molar-refractivity contribution in [2.75, 3.05) is 20.3 Å². The number of carbonyl (C=O) groups is 1. The van der Waals surface area contributed by atoms with Gasteiger partial charge in [0.05, 0.1) is 30.2 Å². The topological polar surface area (TPSA) is 70.8 Å². The molecule has 1 fully saturated rings. The number of hydrogen-bond acceptors (Lipinski definition) is 5. The number of esters is 1. The van der Waals surface area contributed by atoms with Crippen molar-refractivity contribution in [3.8, 4) is 5.75 Å². The number of carbonyl (C=O) groups excluding carboxylic acids is 1. The highest BCUT2D eigenvalue weighted by molar-refractivity contribution is 5.93. The zero-order chi connectivity index (χ0) is 13.6. The van der Waals surface area contributed by atoms with Crippen LogP contribution in [0.4, 0.5) is 0 Å². The van der Waals surface area contributed by atoms with Crippen LogP contribution in [0, 0.1) is 0 Å². The van der Waals surface area contributed by atoms with Gasteiger partial charge in [-0.3, -0.25) is 0 Å². The van der Waals surface area contributed by atoms with Crippen molar-refractivity contribution >= 4 is 5.97 Å². The van der Waals surface area contributed by atoms with Crippen LogP contribution in [0.1, 0.15) is 28.8 Å². The van der Waals surface area contributed by atoms with Gasteiger partial charge in [-0.25, -0.2) is 4.79 Å². The summed E-state index contributed by atoms with van der Waals surface area (Å²) in [6.07, 6.45) is -0.0990. The molecule has 2 N–H and O–H groups in total. The van der Waals surface area contributed by atoms with Crippen LogP contribution in [-0.2, 0) is 9.47 Å². The smallest absolute Gasteiger partial charge is 0.338 e. The van der Waals surface area contributed by atoms with E-state index in [1.165, 1.54) is 0 Å². The van der Waals surface area contributed by atoms with Crippen LogP contribution in [-0.4, -0.2) is 37.9 Å². The van der Waals surface area contributed by atoms with Crippen LogP contribution in [0.25, 0.3) is 0 Å². The lowest BCUT2D eigenvalue weighted by Gasteiger charge is -2.17. The number of ether oxygens (including phenoxy) is 3. The van der Waals surface area contributed by atoms with Crippen LogP contribution in [0.2, 0.25) is 0 Å². The number of fused-ring (bicyclic) bond motifs is 3. The van der Waals surface area contributed by atoms with E-state index in [9.17, 15) is 4.79 Å². The van der Waals surface area contributed by atoms with Gasteiger partial charge in [-0.2, -0.15) is 0 Å². The second-order valence-electron chi connectivity index (χ2n) is 5.00. The molecule has 3 atom stereocenters. The number of benzene rings is 1. The lowest BCUT2D eigenvalue weighted by atomic mass is 9.99. The maximum absolute atomic E-state index is 12.0. The summed E-state index contributed by atoms with van der Waals surface area (Å²) in [4.78, 5) is 12.0. The minimum absolute atomic E-state index is 0.0167. The van der Waals surface area contributed by atoms with E-state index in [-0.39, 0.29) is 18.0 Å². The van der Waals surface area contributed by atoms with Crippen molar-refractivity contribution in [2.24, 2.45) is 5.73 Å². The Morgan fingerprint density at radius 1 is 1.53 bits per heavy atom. The third kappa shape index (κ3) is 1.65. The first-order valence-electron chi connectivity index (χ1n) is 6.38. The SMILES string of the molecule is CCOC(=O)c1cccc2c1C1C(O2)C1(N)COC. The second kappa shape index (κ2) is 4.21. The van der Waals surface area contributed by atoms with Crippen molar-refractivity contribution in [3.05, 3.63) is 29.3 Å². The predicted octanol–water partition coefficient (Wildman–Crippen LogP) is 1.07. The largest absolute Gasteiger partial charge is 0.487 e. The minimum Gasteiger partial charge on any atom is -0.487 e. The van der Waals surface area contributed by atoms with E-state index in [4.69, 9.17) is 19.9 Å². The fraction of sp³-hybridized carbons (Fsp3) is 0.500. The molecule has 102 valence electrons. The van der Waals surface area contributed by atoms with Gasteiger partial charge in [0, 0.05) is 12.7 Å². The van der Waals surface area contributed by atoms with Gasteiger partial charge in [0.25, 0.3) is 0 Å². The molecule has 0 aromatic heterocycles. The van der Waals surface area contributed by atoms with Crippen LogP contribution in [0.5, 0.6) is 5.75 Å². The molecule has 19 heavy (non-hydrogen) atoms. The average molecular weight is 263 g/mol. The summed E-state index contributed by atoms with van der Waals surface area (Å²) >= 11 is 0. The summed E-state index contributed by atoms with van der Waals surface area (Å²) in [7, 11) is 1.61. The molecule has 0 bridgehead atoms. The molecule has 1 aliphatic heterocycles. The van der Waals surface area contributed by atoms with E-state index in [0.717, 1.165) is 11.3 Å². The summed E-state index contributed by atoms with van der Waals surface area (Å²) in [6.45, 7) is 2.55. The Morgan fingerprint density at radius 2 is 2.32 bits per heavy atom. The Labute approximate surface area is 111 Å². The van der Waals surface area contributed by atoms with Crippen molar-refractivity contribution in [1.29, 1.82) is 0 Å². The quantitative estimate of drug-likeness (QED) is 0.823. The summed E-state index contributed by atoms with van der Waals surface area (Å²) in [6, 6.07) is 5.41. The molecule has 3 unspecified atom stereocenters. The minimum atomic E-state index is -0.523. The van der Waals surface area contributed by atoms with Gasteiger partial charge in [-0.1, -0.05) is 6.07 Å². The van der Waals surface area contributed by atoms with E-state index in [0.29, 0.717) is 18.8 Å². The molecule has 1 aromatic rings. The molecule has 2 aliphatic rings. The first kappa shape index (κ1) is 12.4. The molecule has 1 saturated carbocycles. The van der Waals surface area contributed by atoms with Crippen LogP contribution in [0.15, 0.2) is 18.2 Å². The van der Waals surface area contributed by atoms with Gasteiger partial charge >= 0.3 is 5.97 Å². The van der Waals surface area contributed by atoms with E-state index < -0.39 is 5.54 Å². The number of nitrogens with two attached hydrogens (primary N) is 1. The second-order valence-corrected chi connectivity index (χ2v) is 5.00. The molecule has 0 saturated heterocycles. The summed E-state index contributed by atoms with van der Waals surface area (Å²) in [5.74, 6) is 0.427. The monoisotopic (exact) mass is 263 g/mol. The first-order valence-corrected chi connectivity index (χ1v) is 6.38. The average Bonchev–Trinajstić information content (AvgIpc) is 2.78. The molecule has 5 nitrogen and oxygen atoms in total. The molecule has 0 radical (unpaired) electrons. The maximum Gasteiger partial charge on any atom is 0.338 e. The van der Waals surface area contributed by atoms with Crippen molar-refractivity contribution in [3.63, 3.8) is 0 Å². The zero-order valence-electron chi connectivity index (χ0n) is 11.0. The van der Waals surface area contributed by atoms with Crippen molar-refractivity contribution < 1.29 is 19.0 Å². The highest BCUT2D eigenvalue weighted by Crippen LogP contribution is 2.60. The molecule has 0 amide bonds.